The summed E-state index contributed by atoms with van der Waals surface area (Å²) in [5.74, 6) is 1.23. The summed E-state index contributed by atoms with van der Waals surface area (Å²) in [6.07, 6.45) is 3.99. The normalized spacial score (nSPS) is 22.2. The molecule has 1 unspecified atom stereocenters. The Bertz CT molecular complexity index is 479. The molecule has 0 amide bonds. The van der Waals surface area contributed by atoms with E-state index in [4.69, 9.17) is 4.74 Å². The first kappa shape index (κ1) is 12.9. The van der Waals surface area contributed by atoms with Gasteiger partial charge in [0, 0.05) is 6.42 Å². The Balaban J connectivity index is 2.34. The molecule has 1 aromatic carbocycles. The Morgan fingerprint density at radius 3 is 2.83 bits per heavy atom. The van der Waals surface area contributed by atoms with Crippen LogP contribution in [0, 0.1) is 13.8 Å². The molecule has 0 radical (unpaired) electrons. The van der Waals surface area contributed by atoms with Crippen molar-refractivity contribution >= 4 is 6.29 Å². The fourth-order valence-corrected chi connectivity index (χ4v) is 2.51. The zero-order valence-electron chi connectivity index (χ0n) is 11.2. The SMILES string of the molecule is Cc1c(O)cc2c(c1C)OC(C)(CCC=O)CC2. The van der Waals surface area contributed by atoms with E-state index >= 15 is 0 Å². The lowest BCUT2D eigenvalue weighted by atomic mass is 9.87. The van der Waals surface area contributed by atoms with Crippen molar-refractivity contribution in [1.82, 2.24) is 0 Å². The minimum absolute atomic E-state index is 0.262. The van der Waals surface area contributed by atoms with Crippen LogP contribution in [0.15, 0.2) is 6.07 Å². The van der Waals surface area contributed by atoms with Crippen LogP contribution in [0.2, 0.25) is 0 Å². The average molecular weight is 248 g/mol. The van der Waals surface area contributed by atoms with Gasteiger partial charge in [0.25, 0.3) is 0 Å². The highest BCUT2D eigenvalue weighted by Crippen LogP contribution is 2.41. The molecule has 0 fully saturated rings. The largest absolute Gasteiger partial charge is 0.508 e. The van der Waals surface area contributed by atoms with Crippen molar-refractivity contribution in [1.29, 1.82) is 0 Å². The molecule has 1 atom stereocenters. The molecular formula is C15H20O3. The third-order valence-electron chi connectivity index (χ3n) is 3.95. The molecule has 2 rings (SSSR count). The third-order valence-corrected chi connectivity index (χ3v) is 3.95. The Labute approximate surface area is 108 Å². The number of hydrogen-bond acceptors (Lipinski definition) is 3. The van der Waals surface area contributed by atoms with Gasteiger partial charge < -0.3 is 14.6 Å². The second-order valence-corrected chi connectivity index (χ2v) is 5.39. The summed E-state index contributed by atoms with van der Waals surface area (Å²) in [6.45, 7) is 5.92. The first-order chi connectivity index (χ1) is 8.47. The molecule has 98 valence electrons. The Kier molecular flexibility index (Phi) is 3.33. The zero-order valence-corrected chi connectivity index (χ0v) is 11.2. The fraction of sp³-hybridized carbons (Fsp3) is 0.533. The summed E-state index contributed by atoms with van der Waals surface area (Å²) in [7, 11) is 0. The van der Waals surface area contributed by atoms with E-state index < -0.39 is 0 Å². The molecule has 0 aromatic heterocycles. The van der Waals surface area contributed by atoms with Crippen molar-refractivity contribution in [3.05, 3.63) is 22.8 Å². The summed E-state index contributed by atoms with van der Waals surface area (Å²) >= 11 is 0. The first-order valence-corrected chi connectivity index (χ1v) is 6.41. The van der Waals surface area contributed by atoms with Crippen LogP contribution in [0.5, 0.6) is 11.5 Å². The summed E-state index contributed by atoms with van der Waals surface area (Å²) < 4.78 is 6.12. The number of ether oxygens (including phenoxy) is 1. The second kappa shape index (κ2) is 4.63. The third kappa shape index (κ3) is 2.22. The maximum atomic E-state index is 10.5. The van der Waals surface area contributed by atoms with E-state index in [9.17, 15) is 9.90 Å². The number of aldehydes is 1. The van der Waals surface area contributed by atoms with Gasteiger partial charge in [0.1, 0.15) is 23.4 Å². The van der Waals surface area contributed by atoms with Crippen LogP contribution < -0.4 is 4.74 Å². The van der Waals surface area contributed by atoms with E-state index in [0.29, 0.717) is 12.2 Å². The number of carbonyl (C=O) groups is 1. The topological polar surface area (TPSA) is 46.5 Å². The lowest BCUT2D eigenvalue weighted by molar-refractivity contribution is -0.108. The van der Waals surface area contributed by atoms with Crippen molar-refractivity contribution in [3.8, 4) is 11.5 Å². The molecule has 1 aromatic rings. The molecule has 0 saturated carbocycles. The quantitative estimate of drug-likeness (QED) is 0.836. The van der Waals surface area contributed by atoms with Gasteiger partial charge in [-0.25, -0.2) is 0 Å². The molecule has 3 nitrogen and oxygen atoms in total. The number of fused-ring (bicyclic) bond motifs is 1. The summed E-state index contributed by atoms with van der Waals surface area (Å²) in [5, 5.41) is 9.83. The number of phenolic OH excluding ortho intramolecular Hbond substituents is 1. The predicted octanol–water partition coefficient (Wildman–Crippen LogP) is 3.07. The fourth-order valence-electron chi connectivity index (χ4n) is 2.51. The molecule has 0 spiro atoms. The van der Waals surface area contributed by atoms with E-state index in [1.54, 1.807) is 6.07 Å². The molecular weight excluding hydrogens is 228 g/mol. The van der Waals surface area contributed by atoms with E-state index in [0.717, 1.165) is 48.0 Å². The Morgan fingerprint density at radius 2 is 2.17 bits per heavy atom. The maximum absolute atomic E-state index is 10.5. The van der Waals surface area contributed by atoms with Crippen LogP contribution in [0.4, 0.5) is 0 Å². The highest BCUT2D eigenvalue weighted by atomic mass is 16.5. The molecule has 1 aliphatic rings. The number of hydrogen-bond donors (Lipinski definition) is 1. The van der Waals surface area contributed by atoms with Gasteiger partial charge in [-0.2, -0.15) is 0 Å². The van der Waals surface area contributed by atoms with Gasteiger partial charge in [-0.15, -0.1) is 0 Å². The van der Waals surface area contributed by atoms with Crippen LogP contribution in [0.25, 0.3) is 0 Å². The highest BCUT2D eigenvalue weighted by Gasteiger charge is 2.32. The number of aromatic hydroxyl groups is 1. The molecule has 0 aliphatic carbocycles. The number of phenols is 1. The van der Waals surface area contributed by atoms with Crippen molar-refractivity contribution in [2.24, 2.45) is 0 Å². The van der Waals surface area contributed by atoms with E-state index in [1.807, 2.05) is 13.8 Å². The number of carbonyl (C=O) groups excluding carboxylic acids is 1. The van der Waals surface area contributed by atoms with Crippen LogP contribution >= 0.6 is 0 Å². The lowest BCUT2D eigenvalue weighted by Crippen LogP contribution is -2.36. The minimum Gasteiger partial charge on any atom is -0.508 e. The molecule has 3 heteroatoms. The van der Waals surface area contributed by atoms with Gasteiger partial charge in [0.2, 0.25) is 0 Å². The highest BCUT2D eigenvalue weighted by molar-refractivity contribution is 5.53. The predicted molar refractivity (Wildman–Crippen MR) is 70.2 cm³/mol. The Morgan fingerprint density at radius 1 is 1.44 bits per heavy atom. The number of rotatable bonds is 3. The van der Waals surface area contributed by atoms with Gasteiger partial charge in [0.15, 0.2) is 0 Å². The molecule has 1 aliphatic heterocycles. The van der Waals surface area contributed by atoms with Crippen molar-refractivity contribution in [2.75, 3.05) is 0 Å². The molecule has 18 heavy (non-hydrogen) atoms. The van der Waals surface area contributed by atoms with E-state index in [-0.39, 0.29) is 5.60 Å². The van der Waals surface area contributed by atoms with Crippen LogP contribution in [-0.4, -0.2) is 17.0 Å². The second-order valence-electron chi connectivity index (χ2n) is 5.39. The van der Waals surface area contributed by atoms with Gasteiger partial charge in [-0.3, -0.25) is 0 Å². The molecule has 0 saturated heterocycles. The Hall–Kier alpha value is -1.51. The lowest BCUT2D eigenvalue weighted by Gasteiger charge is -2.37. The van der Waals surface area contributed by atoms with Gasteiger partial charge >= 0.3 is 0 Å². The average Bonchev–Trinajstić information content (AvgIpc) is 2.35. The van der Waals surface area contributed by atoms with Crippen molar-refractivity contribution in [3.63, 3.8) is 0 Å². The van der Waals surface area contributed by atoms with Crippen LogP contribution in [0.1, 0.15) is 42.9 Å². The standard InChI is InChI=1S/C15H20O3/c1-10-11(2)14-12(9-13(10)17)5-7-15(3,18-14)6-4-8-16/h8-9,17H,4-7H2,1-3H3. The number of benzene rings is 1. The van der Waals surface area contributed by atoms with Gasteiger partial charge in [-0.05, 0) is 62.8 Å². The minimum atomic E-state index is -0.262. The van der Waals surface area contributed by atoms with Gasteiger partial charge in [-0.1, -0.05) is 0 Å². The zero-order chi connectivity index (χ0) is 13.3. The monoisotopic (exact) mass is 248 g/mol. The number of aryl methyl sites for hydroxylation is 1. The van der Waals surface area contributed by atoms with E-state index in [2.05, 4.69) is 6.92 Å². The first-order valence-electron chi connectivity index (χ1n) is 6.41. The van der Waals surface area contributed by atoms with E-state index in [1.165, 1.54) is 0 Å². The maximum Gasteiger partial charge on any atom is 0.126 e. The van der Waals surface area contributed by atoms with Crippen LogP contribution in [0.3, 0.4) is 0 Å². The van der Waals surface area contributed by atoms with Crippen molar-refractivity contribution < 1.29 is 14.6 Å². The van der Waals surface area contributed by atoms with Crippen molar-refractivity contribution in [2.45, 2.75) is 52.1 Å². The molecule has 1 N–H and O–H groups in total. The molecule has 0 bridgehead atoms. The van der Waals surface area contributed by atoms with Crippen LogP contribution in [-0.2, 0) is 11.2 Å². The summed E-state index contributed by atoms with van der Waals surface area (Å²) in [4.78, 5) is 10.5. The smallest absolute Gasteiger partial charge is 0.126 e. The summed E-state index contributed by atoms with van der Waals surface area (Å²) in [5.41, 5.74) is 2.68. The van der Waals surface area contributed by atoms with Gasteiger partial charge in [0.05, 0.1) is 0 Å². The molecule has 1 heterocycles. The summed E-state index contributed by atoms with van der Waals surface area (Å²) in [6, 6.07) is 1.80.